The van der Waals surface area contributed by atoms with Crippen LogP contribution in [-0.2, 0) is 4.79 Å². The molecule has 1 amide bonds. The maximum Gasteiger partial charge on any atom is 0.225 e. The summed E-state index contributed by atoms with van der Waals surface area (Å²) >= 11 is 3.53. The number of halogens is 1. The highest BCUT2D eigenvalue weighted by Gasteiger charge is 2.29. The van der Waals surface area contributed by atoms with Gasteiger partial charge in [0, 0.05) is 27.8 Å². The van der Waals surface area contributed by atoms with Crippen molar-refractivity contribution in [3.63, 3.8) is 0 Å². The second-order valence-electron chi connectivity index (χ2n) is 5.94. The number of anilines is 1. The lowest BCUT2D eigenvalue weighted by Crippen LogP contribution is -2.24. The molecule has 4 heteroatoms. The van der Waals surface area contributed by atoms with Gasteiger partial charge in [-0.05, 0) is 29.1 Å². The Labute approximate surface area is 148 Å². The molecule has 3 nitrogen and oxygen atoms in total. The average Bonchev–Trinajstić information content (AvgIpc) is 2.61. The molecule has 0 saturated heterocycles. The first-order chi connectivity index (χ1) is 11.7. The van der Waals surface area contributed by atoms with Gasteiger partial charge in [-0.15, -0.1) is 0 Å². The Morgan fingerprint density at radius 2 is 1.92 bits per heavy atom. The van der Waals surface area contributed by atoms with E-state index < -0.39 is 0 Å². The molecule has 0 unspecified atom stereocenters. The van der Waals surface area contributed by atoms with Gasteiger partial charge in [-0.25, -0.2) is 0 Å². The number of fused-ring (bicyclic) bond motifs is 3. The molecule has 1 heterocycles. The van der Waals surface area contributed by atoms with Crippen molar-refractivity contribution in [1.82, 2.24) is 0 Å². The van der Waals surface area contributed by atoms with Crippen LogP contribution < -0.4 is 10.1 Å². The normalized spacial score (nSPS) is 16.6. The van der Waals surface area contributed by atoms with Gasteiger partial charge >= 0.3 is 0 Å². The standard InChI is InChI=1S/C20H16BrNO2/c1-24-18-9-7-13(21)10-17(18)16-11-19(23)22-20-14-5-3-2-4-12(14)6-8-15(16)20/h2-10,16H,11H2,1H3,(H,22,23)/t16-/m1/s1. The Kier molecular flexibility index (Phi) is 3.77. The highest BCUT2D eigenvalue weighted by molar-refractivity contribution is 9.10. The molecule has 0 bridgehead atoms. The lowest BCUT2D eigenvalue weighted by molar-refractivity contribution is -0.116. The Balaban J connectivity index is 1.96. The minimum Gasteiger partial charge on any atom is -0.496 e. The first kappa shape index (κ1) is 15.2. The quantitative estimate of drug-likeness (QED) is 0.671. The number of ether oxygens (including phenoxy) is 1. The lowest BCUT2D eigenvalue weighted by atomic mass is 9.83. The summed E-state index contributed by atoms with van der Waals surface area (Å²) in [5.74, 6) is 0.814. The summed E-state index contributed by atoms with van der Waals surface area (Å²) in [4.78, 5) is 12.4. The zero-order chi connectivity index (χ0) is 16.7. The number of hydrogen-bond donors (Lipinski definition) is 1. The zero-order valence-electron chi connectivity index (χ0n) is 13.2. The average molecular weight is 382 g/mol. The number of rotatable bonds is 2. The predicted octanol–water partition coefficient (Wildman–Crippen LogP) is 5.09. The van der Waals surface area contributed by atoms with E-state index in [0.29, 0.717) is 6.42 Å². The largest absolute Gasteiger partial charge is 0.496 e. The van der Waals surface area contributed by atoms with Crippen LogP contribution in [0, 0.1) is 0 Å². The van der Waals surface area contributed by atoms with E-state index in [1.54, 1.807) is 7.11 Å². The van der Waals surface area contributed by atoms with E-state index in [1.807, 2.05) is 30.3 Å². The fourth-order valence-corrected chi connectivity index (χ4v) is 3.84. The van der Waals surface area contributed by atoms with Crippen LogP contribution in [0.25, 0.3) is 10.8 Å². The van der Waals surface area contributed by atoms with Crippen LogP contribution in [0.2, 0.25) is 0 Å². The lowest BCUT2D eigenvalue weighted by Gasteiger charge is -2.28. The van der Waals surface area contributed by atoms with Crippen molar-refractivity contribution in [3.8, 4) is 5.75 Å². The molecule has 1 aliphatic heterocycles. The minimum absolute atomic E-state index is 0.0224. The van der Waals surface area contributed by atoms with Gasteiger partial charge in [0.1, 0.15) is 5.75 Å². The van der Waals surface area contributed by atoms with Gasteiger partial charge in [0.05, 0.1) is 12.8 Å². The van der Waals surface area contributed by atoms with Crippen molar-refractivity contribution in [1.29, 1.82) is 0 Å². The first-order valence-electron chi connectivity index (χ1n) is 7.82. The molecule has 0 spiro atoms. The van der Waals surface area contributed by atoms with Crippen LogP contribution in [0.5, 0.6) is 5.75 Å². The van der Waals surface area contributed by atoms with E-state index in [1.165, 1.54) is 0 Å². The molecule has 3 aromatic carbocycles. The predicted molar refractivity (Wildman–Crippen MR) is 99.7 cm³/mol. The number of amides is 1. The summed E-state index contributed by atoms with van der Waals surface area (Å²) in [6.45, 7) is 0. The van der Waals surface area contributed by atoms with Gasteiger partial charge in [-0.3, -0.25) is 4.79 Å². The highest BCUT2D eigenvalue weighted by atomic mass is 79.9. The van der Waals surface area contributed by atoms with Crippen LogP contribution in [0.3, 0.4) is 0 Å². The van der Waals surface area contributed by atoms with Crippen molar-refractivity contribution >= 4 is 38.3 Å². The Hall–Kier alpha value is -2.33. The van der Waals surface area contributed by atoms with Crippen molar-refractivity contribution in [2.75, 3.05) is 12.4 Å². The van der Waals surface area contributed by atoms with Gasteiger partial charge in [0.2, 0.25) is 5.91 Å². The van der Waals surface area contributed by atoms with E-state index in [9.17, 15) is 4.79 Å². The number of hydrogen-bond acceptors (Lipinski definition) is 2. The third-order valence-corrected chi connectivity index (χ3v) is 5.05. The highest BCUT2D eigenvalue weighted by Crippen LogP contribution is 2.44. The molecule has 4 rings (SSSR count). The third kappa shape index (κ3) is 2.47. The summed E-state index contributed by atoms with van der Waals surface area (Å²) < 4.78 is 6.52. The summed E-state index contributed by atoms with van der Waals surface area (Å²) in [5, 5.41) is 5.26. The fraction of sp³-hybridized carbons (Fsp3) is 0.150. The number of benzene rings is 3. The Morgan fingerprint density at radius 1 is 1.08 bits per heavy atom. The van der Waals surface area contributed by atoms with Gasteiger partial charge < -0.3 is 10.1 Å². The number of carbonyl (C=O) groups is 1. The smallest absolute Gasteiger partial charge is 0.225 e. The van der Waals surface area contributed by atoms with Gasteiger partial charge in [0.25, 0.3) is 0 Å². The summed E-state index contributed by atoms with van der Waals surface area (Å²) in [6, 6.07) is 18.3. The Morgan fingerprint density at radius 3 is 2.75 bits per heavy atom. The molecule has 1 atom stereocenters. The van der Waals surface area contributed by atoms with Gasteiger partial charge in [0.15, 0.2) is 0 Å². The molecule has 0 saturated carbocycles. The number of nitrogens with one attached hydrogen (secondary N) is 1. The third-order valence-electron chi connectivity index (χ3n) is 4.56. The summed E-state index contributed by atoms with van der Waals surface area (Å²) in [7, 11) is 1.66. The molecule has 24 heavy (non-hydrogen) atoms. The second kappa shape index (κ2) is 5.95. The monoisotopic (exact) mass is 381 g/mol. The van der Waals surface area contributed by atoms with Gasteiger partial charge in [-0.2, -0.15) is 0 Å². The minimum atomic E-state index is -0.0224. The second-order valence-corrected chi connectivity index (χ2v) is 6.86. The van der Waals surface area contributed by atoms with Crippen molar-refractivity contribution in [2.45, 2.75) is 12.3 Å². The van der Waals surface area contributed by atoms with Crippen molar-refractivity contribution in [3.05, 3.63) is 70.2 Å². The van der Waals surface area contributed by atoms with E-state index >= 15 is 0 Å². The van der Waals surface area contributed by atoms with E-state index in [2.05, 4.69) is 45.5 Å². The summed E-state index contributed by atoms with van der Waals surface area (Å²) in [6.07, 6.45) is 0.415. The maximum atomic E-state index is 12.4. The zero-order valence-corrected chi connectivity index (χ0v) is 14.8. The van der Waals surface area contributed by atoms with Crippen LogP contribution in [0.15, 0.2) is 59.1 Å². The molecular formula is C20H16BrNO2. The molecule has 1 N–H and O–H groups in total. The van der Waals surface area contributed by atoms with Crippen LogP contribution in [-0.4, -0.2) is 13.0 Å². The van der Waals surface area contributed by atoms with E-state index in [4.69, 9.17) is 4.74 Å². The number of methoxy groups -OCH3 is 1. The topological polar surface area (TPSA) is 38.3 Å². The van der Waals surface area contributed by atoms with Crippen molar-refractivity contribution in [2.24, 2.45) is 0 Å². The van der Waals surface area contributed by atoms with E-state index in [-0.39, 0.29) is 11.8 Å². The van der Waals surface area contributed by atoms with Crippen molar-refractivity contribution < 1.29 is 9.53 Å². The SMILES string of the molecule is COc1ccc(Br)cc1[C@@H]1CC(=O)Nc2c1ccc1ccccc21. The molecule has 1 aliphatic rings. The van der Waals surface area contributed by atoms with Gasteiger partial charge in [-0.1, -0.05) is 52.3 Å². The molecular weight excluding hydrogens is 366 g/mol. The van der Waals surface area contributed by atoms with Crippen LogP contribution in [0.4, 0.5) is 5.69 Å². The molecule has 3 aromatic rings. The van der Waals surface area contributed by atoms with E-state index in [0.717, 1.165) is 37.8 Å². The fourth-order valence-electron chi connectivity index (χ4n) is 3.46. The Bertz CT molecular complexity index is 952. The molecule has 0 aliphatic carbocycles. The van der Waals surface area contributed by atoms with Crippen LogP contribution >= 0.6 is 15.9 Å². The van der Waals surface area contributed by atoms with Crippen LogP contribution in [0.1, 0.15) is 23.5 Å². The molecule has 0 radical (unpaired) electrons. The summed E-state index contributed by atoms with van der Waals surface area (Å²) in [5.41, 5.74) is 3.07. The first-order valence-corrected chi connectivity index (χ1v) is 8.61. The maximum absolute atomic E-state index is 12.4. The molecule has 0 aromatic heterocycles. The molecule has 120 valence electrons. The number of carbonyl (C=O) groups excluding carboxylic acids is 1. The molecule has 0 fully saturated rings.